The van der Waals surface area contributed by atoms with Gasteiger partial charge in [0.1, 0.15) is 22.8 Å². The van der Waals surface area contributed by atoms with E-state index in [-0.39, 0.29) is 45.8 Å². The van der Waals surface area contributed by atoms with Crippen LogP contribution in [0.15, 0.2) is 89.6 Å². The second-order valence-corrected chi connectivity index (χ2v) is 20.8. The summed E-state index contributed by atoms with van der Waals surface area (Å²) in [6, 6.07) is 15.7. The third-order valence-electron chi connectivity index (χ3n) is 13.3. The molecule has 0 saturated carbocycles. The van der Waals surface area contributed by atoms with E-state index in [2.05, 4.69) is 48.6 Å². The van der Waals surface area contributed by atoms with E-state index in [9.17, 15) is 36.5 Å². The van der Waals surface area contributed by atoms with Gasteiger partial charge in [-0.15, -0.1) is 0 Å². The normalized spacial score (nSPS) is 19.6. The molecule has 16 nitrogen and oxygen atoms in total. The van der Waals surface area contributed by atoms with E-state index in [1.807, 2.05) is 0 Å². The Morgan fingerprint density at radius 1 is 1.04 bits per heavy atom. The number of fused-ring (bicyclic) bond motifs is 1. The van der Waals surface area contributed by atoms with E-state index in [0.717, 1.165) is 54.1 Å². The molecular weight excluding hydrogens is 941 g/mol. The number of piperazine rings is 1. The first-order chi connectivity index (χ1) is 32.9. The minimum absolute atomic E-state index is 0.0474. The van der Waals surface area contributed by atoms with Gasteiger partial charge in [-0.1, -0.05) is 37.1 Å². The number of allylic oxidation sites excluding steroid dienone is 1. The molecule has 4 aliphatic rings. The molecule has 1 atom stereocenters. The van der Waals surface area contributed by atoms with Gasteiger partial charge in [-0.2, -0.15) is 13.2 Å². The number of nitrogens with zero attached hydrogens (tertiary/aromatic N) is 5. The molecule has 1 aliphatic carbocycles. The van der Waals surface area contributed by atoms with Crippen molar-refractivity contribution in [2.45, 2.75) is 56.3 Å². The van der Waals surface area contributed by atoms with Crippen LogP contribution in [0.5, 0.6) is 11.5 Å². The van der Waals surface area contributed by atoms with E-state index in [0.29, 0.717) is 88.4 Å². The number of morpholine rings is 1. The average Bonchev–Trinajstić information content (AvgIpc) is 3.76. The number of benzene rings is 3. The van der Waals surface area contributed by atoms with E-state index in [1.165, 1.54) is 30.5 Å². The van der Waals surface area contributed by atoms with Crippen molar-refractivity contribution in [2.75, 3.05) is 82.4 Å². The van der Waals surface area contributed by atoms with E-state index in [4.69, 9.17) is 25.8 Å². The zero-order valence-electron chi connectivity index (χ0n) is 38.0. The Kier molecular flexibility index (Phi) is 13.7. The molecule has 9 rings (SSSR count). The van der Waals surface area contributed by atoms with E-state index < -0.39 is 43.2 Å². The Hall–Kier alpha value is -5.77. The first kappa shape index (κ1) is 48.3. The number of nitro benzene ring substituents is 1. The molecule has 366 valence electrons. The van der Waals surface area contributed by atoms with Crippen LogP contribution in [0.25, 0.3) is 16.6 Å². The maximum absolute atomic E-state index is 14.0. The van der Waals surface area contributed by atoms with Crippen LogP contribution in [0.4, 0.5) is 30.2 Å². The second kappa shape index (κ2) is 19.6. The number of H-pyrrole nitrogens is 1. The fourth-order valence-electron chi connectivity index (χ4n) is 9.31. The summed E-state index contributed by atoms with van der Waals surface area (Å²) in [7, 11) is -4.65. The Balaban J connectivity index is 0.912. The summed E-state index contributed by atoms with van der Waals surface area (Å²) < 4.78 is 87.7. The van der Waals surface area contributed by atoms with Crippen LogP contribution in [-0.2, 0) is 25.7 Å². The lowest BCUT2D eigenvalue weighted by Crippen LogP contribution is -2.56. The molecule has 3 N–H and O–H groups in total. The number of alkyl halides is 3. The predicted molar refractivity (Wildman–Crippen MR) is 254 cm³/mol. The molecule has 3 aromatic carbocycles. The number of aromatic amines is 1. The number of hydrogen-bond acceptors (Lipinski definition) is 13. The lowest BCUT2D eigenvalue weighted by Gasteiger charge is -2.42. The van der Waals surface area contributed by atoms with Crippen molar-refractivity contribution >= 4 is 61.2 Å². The van der Waals surface area contributed by atoms with Crippen LogP contribution in [-0.4, -0.2) is 123 Å². The maximum atomic E-state index is 14.0. The monoisotopic (exact) mass is 992 g/mol. The van der Waals surface area contributed by atoms with E-state index in [1.54, 1.807) is 30.5 Å². The Labute approximate surface area is 401 Å². The number of halogens is 4. The van der Waals surface area contributed by atoms with Crippen LogP contribution >= 0.6 is 11.6 Å². The minimum atomic E-state index is -4.65. The fourth-order valence-corrected chi connectivity index (χ4v) is 10.6. The number of hydrogen-bond donors (Lipinski definition) is 3. The molecule has 1 amide bonds. The van der Waals surface area contributed by atoms with Crippen molar-refractivity contribution in [3.8, 4) is 11.5 Å². The van der Waals surface area contributed by atoms with Gasteiger partial charge in [0.05, 0.1) is 59.1 Å². The number of amides is 1. The van der Waals surface area contributed by atoms with Gasteiger partial charge < -0.3 is 29.4 Å². The van der Waals surface area contributed by atoms with Gasteiger partial charge in [0, 0.05) is 86.8 Å². The molecule has 5 heterocycles. The minimum Gasteiger partial charge on any atom is -0.455 e. The van der Waals surface area contributed by atoms with Crippen molar-refractivity contribution in [3.05, 3.63) is 117 Å². The van der Waals surface area contributed by atoms with Crippen molar-refractivity contribution in [1.82, 2.24) is 24.5 Å². The van der Waals surface area contributed by atoms with Gasteiger partial charge in [0.2, 0.25) is 0 Å². The molecule has 5 aromatic rings. The number of aromatic nitrogens is 2. The third kappa shape index (κ3) is 11.0. The topological polar surface area (TPSA) is 184 Å². The summed E-state index contributed by atoms with van der Waals surface area (Å²) in [5.74, 6) is -0.687. The average molecular weight is 994 g/mol. The number of carbonyl (C=O) groups is 1. The number of anilines is 2. The second-order valence-electron chi connectivity index (χ2n) is 18.7. The number of sulfonamides is 1. The summed E-state index contributed by atoms with van der Waals surface area (Å²) in [6.07, 6.45) is 0.836. The molecule has 21 heteroatoms. The zero-order valence-corrected chi connectivity index (χ0v) is 39.6. The highest BCUT2D eigenvalue weighted by Gasteiger charge is 2.35. The van der Waals surface area contributed by atoms with Crippen molar-refractivity contribution < 1.29 is 45.5 Å². The Bertz CT molecular complexity index is 2900. The molecule has 0 spiro atoms. The summed E-state index contributed by atoms with van der Waals surface area (Å²) in [4.78, 5) is 39.2. The van der Waals surface area contributed by atoms with Crippen molar-refractivity contribution in [2.24, 2.45) is 5.41 Å². The smallest absolute Gasteiger partial charge is 0.416 e. The first-order valence-electron chi connectivity index (χ1n) is 22.7. The van der Waals surface area contributed by atoms with Crippen molar-refractivity contribution in [1.29, 1.82) is 0 Å². The maximum Gasteiger partial charge on any atom is 0.416 e. The number of nitro groups is 1. The van der Waals surface area contributed by atoms with Gasteiger partial charge >= 0.3 is 6.18 Å². The van der Waals surface area contributed by atoms with Gasteiger partial charge in [-0.05, 0) is 84.3 Å². The van der Waals surface area contributed by atoms with Crippen LogP contribution in [0, 0.1) is 15.5 Å². The molecule has 0 bridgehead atoms. The Morgan fingerprint density at radius 2 is 1.84 bits per heavy atom. The lowest BCUT2D eigenvalue weighted by atomic mass is 9.72. The predicted octanol–water partition coefficient (Wildman–Crippen LogP) is 8.35. The number of nitrogens with one attached hydrogen (secondary N) is 3. The SMILES string of the molecule is CC1(C)CCC(CN2CCN(c3ccc(C(=O)NS(=O)(=O)c4ccc(NCC5CN(C6COC6)CCO5)c([N+](=O)[O-])c4)c(Oc4cnc5[nH]ccc5c4)c3)CC2)=C(c2ccc(C(F)(F)F)cc2Cl)C1. The van der Waals surface area contributed by atoms with E-state index >= 15 is 0 Å². The summed E-state index contributed by atoms with van der Waals surface area (Å²) >= 11 is 6.54. The molecule has 3 saturated heterocycles. The molecule has 2 aromatic heterocycles. The van der Waals surface area contributed by atoms with Gasteiger partial charge in [-0.25, -0.2) is 18.1 Å². The zero-order chi connectivity index (χ0) is 48.7. The van der Waals surface area contributed by atoms with Crippen LogP contribution < -0.4 is 19.7 Å². The largest absolute Gasteiger partial charge is 0.455 e. The molecule has 0 radical (unpaired) electrons. The summed E-state index contributed by atoms with van der Waals surface area (Å²) in [6.45, 7) is 10.8. The number of pyridine rings is 1. The first-order valence-corrected chi connectivity index (χ1v) is 24.6. The van der Waals surface area contributed by atoms with Crippen LogP contribution in [0.1, 0.15) is 54.6 Å². The molecular formula is C48H52ClF3N8O8S. The fraction of sp³-hybridized carbons (Fsp3) is 0.417. The number of ether oxygens (including phenoxy) is 3. The summed E-state index contributed by atoms with van der Waals surface area (Å²) in [5.41, 5.74) is 2.74. The highest BCUT2D eigenvalue weighted by molar-refractivity contribution is 7.90. The molecule has 69 heavy (non-hydrogen) atoms. The van der Waals surface area contributed by atoms with Crippen LogP contribution in [0.3, 0.4) is 0 Å². The Morgan fingerprint density at radius 3 is 2.57 bits per heavy atom. The quantitative estimate of drug-likeness (QED) is 0.0713. The summed E-state index contributed by atoms with van der Waals surface area (Å²) in [5, 5.41) is 16.1. The third-order valence-corrected chi connectivity index (χ3v) is 14.9. The highest BCUT2D eigenvalue weighted by Crippen LogP contribution is 2.46. The number of carbonyl (C=O) groups excluding carboxylic acids is 1. The van der Waals surface area contributed by atoms with Gasteiger partial charge in [0.25, 0.3) is 21.6 Å². The highest BCUT2D eigenvalue weighted by atomic mass is 35.5. The molecule has 3 fully saturated rings. The van der Waals surface area contributed by atoms with Gasteiger partial charge in [0.15, 0.2) is 0 Å². The van der Waals surface area contributed by atoms with Gasteiger partial charge in [-0.3, -0.25) is 24.7 Å². The lowest BCUT2D eigenvalue weighted by molar-refractivity contribution is -0.384. The van der Waals surface area contributed by atoms with Crippen LogP contribution in [0.2, 0.25) is 5.02 Å². The standard InChI is InChI=1S/C48H52ClF3N8O8S/c1-47(2)11-9-31(40(23-47)38-6-3-32(20-41(38)49)48(50,51)52)26-57-13-15-58(16-14-57)33-4-7-39(44(21-33)68-35-19-30-10-12-53-45(30)55-24-35)46(61)56-69(64,65)37-5-8-42(43(22-37)60(62)63)54-25-36-27-59(17-18-67-36)34-28-66-29-34/h3-8,10,12,19-22,24,34,36,54H,9,11,13-18,23,25-29H2,1-2H3,(H,53,55)(H,56,61). The molecule has 1 unspecified atom stereocenters. The number of rotatable bonds is 14. The van der Waals surface area contributed by atoms with Crippen molar-refractivity contribution in [3.63, 3.8) is 0 Å². The molecule has 3 aliphatic heterocycles.